The van der Waals surface area contributed by atoms with Crippen LogP contribution >= 0.6 is 15.9 Å². The topological polar surface area (TPSA) is 166 Å². The average molecular weight is 940 g/mol. The normalized spacial score (nSPS) is 13.2. The molecule has 1 fully saturated rings. The van der Waals surface area contributed by atoms with Crippen LogP contribution in [-0.2, 0) is 22.4 Å². The lowest BCUT2D eigenvalue weighted by Crippen LogP contribution is -2.41. The molecule has 338 valence electrons. The van der Waals surface area contributed by atoms with Crippen LogP contribution < -0.4 is 16.9 Å². The number of amides is 2. The molecule has 1 saturated heterocycles. The summed E-state index contributed by atoms with van der Waals surface area (Å²) in [5.74, 6) is -1.04. The van der Waals surface area contributed by atoms with Gasteiger partial charge in [0.2, 0.25) is 0 Å². The number of carbonyl (C=O) groups is 2. The zero-order valence-electron chi connectivity index (χ0n) is 35.5. The molecule has 0 radical (unpaired) electrons. The maximum absolute atomic E-state index is 11.3. The predicted molar refractivity (Wildman–Crippen MR) is 268 cm³/mol. The van der Waals surface area contributed by atoms with Crippen molar-refractivity contribution in [2.45, 2.75) is 88.1 Å². The van der Waals surface area contributed by atoms with Crippen molar-refractivity contribution in [3.05, 3.63) is 172 Å². The molecular formula is C51H60BBrN8O4. The van der Waals surface area contributed by atoms with E-state index in [1.165, 1.54) is 22.3 Å². The summed E-state index contributed by atoms with van der Waals surface area (Å²) in [7, 11) is -0.343. The van der Waals surface area contributed by atoms with Gasteiger partial charge in [-0.05, 0) is 117 Å². The molecule has 5 heterocycles. The Kier molecular flexibility index (Phi) is 16.9. The zero-order chi connectivity index (χ0) is 44.2. The molecule has 4 aromatic carbocycles. The van der Waals surface area contributed by atoms with Gasteiger partial charge in [0.15, 0.2) is 0 Å². The van der Waals surface area contributed by atoms with Crippen LogP contribution in [0.15, 0.2) is 138 Å². The van der Waals surface area contributed by atoms with Gasteiger partial charge in [0, 0.05) is 16.3 Å². The Labute approximate surface area is 391 Å². The molecule has 9 rings (SSSR count). The van der Waals surface area contributed by atoms with Crippen molar-refractivity contribution >= 4 is 62.1 Å². The summed E-state index contributed by atoms with van der Waals surface area (Å²) in [4.78, 5) is 30.0. The second-order valence-electron chi connectivity index (χ2n) is 16.2. The second-order valence-corrected chi connectivity index (χ2v) is 17.1. The van der Waals surface area contributed by atoms with Gasteiger partial charge in [-0.15, -0.1) is 0 Å². The fourth-order valence-electron chi connectivity index (χ4n) is 6.74. The monoisotopic (exact) mass is 938 g/mol. The van der Waals surface area contributed by atoms with Gasteiger partial charge in [-0.3, -0.25) is 19.0 Å². The maximum Gasteiger partial charge on any atom is 0.494 e. The van der Waals surface area contributed by atoms with Gasteiger partial charge in [-0.2, -0.15) is 10.2 Å². The minimum atomic E-state index is -0.529. The summed E-state index contributed by atoms with van der Waals surface area (Å²) < 4.78 is 17.0. The number of primary amides is 2. The summed E-state index contributed by atoms with van der Waals surface area (Å²) in [6, 6.07) is 39.7. The lowest BCUT2D eigenvalue weighted by atomic mass is 9.79. The van der Waals surface area contributed by atoms with Gasteiger partial charge in [-0.1, -0.05) is 112 Å². The van der Waals surface area contributed by atoms with E-state index in [1.54, 1.807) is 30.3 Å². The van der Waals surface area contributed by atoms with Gasteiger partial charge in [0.1, 0.15) is 16.0 Å². The minimum Gasteiger partial charge on any atom is -0.399 e. The molecule has 1 aliphatic heterocycles. The number of pyridine rings is 2. The van der Waals surface area contributed by atoms with E-state index in [-0.39, 0.29) is 52.0 Å². The fourth-order valence-corrected chi connectivity index (χ4v) is 7.08. The Morgan fingerprint density at radius 2 is 1.08 bits per heavy atom. The largest absolute Gasteiger partial charge is 0.494 e. The van der Waals surface area contributed by atoms with Crippen molar-refractivity contribution < 1.29 is 18.9 Å². The molecule has 0 spiro atoms. The van der Waals surface area contributed by atoms with Gasteiger partial charge in [0.05, 0.1) is 53.4 Å². The zero-order valence-corrected chi connectivity index (χ0v) is 37.1. The highest BCUT2D eigenvalue weighted by Gasteiger charge is 2.51. The summed E-state index contributed by atoms with van der Waals surface area (Å²) in [5.41, 5.74) is 20.0. The van der Waals surface area contributed by atoms with E-state index in [0.717, 1.165) is 51.6 Å². The molecular weight excluding hydrogens is 879 g/mol. The first kappa shape index (κ1) is 51.2. The first-order valence-corrected chi connectivity index (χ1v) is 20.9. The third kappa shape index (κ3) is 12.2. The van der Waals surface area contributed by atoms with E-state index in [2.05, 4.69) is 144 Å². The number of fused-ring (bicyclic) bond motifs is 2. The standard InChI is InChI=1S/C21H25BN2O2.C21H18N4O.C6H5BrN2O.3CH4/c1-15-6-8-16(9-7-15)14-24-19-11-10-18(12-17(19)13-23-24)22-25-20(2,3)21(4,5)26-22;1-14-5-7-15(8-6-14)13-25-20-10-9-16(11-17(20)12-23-25)18-3-2-4-19(24-18)21(22)26;7-5-3-1-2-4(9-5)6(8)10;;;/h6-13H,14H2,1-5H3;2-12H,13H2,1H3,(H2,22,26);1-3H,(H2,8,10);3*1H4. The highest BCUT2D eigenvalue weighted by atomic mass is 79.9. The van der Waals surface area contributed by atoms with E-state index in [1.807, 2.05) is 46.0 Å². The smallest absolute Gasteiger partial charge is 0.399 e. The van der Waals surface area contributed by atoms with Crippen molar-refractivity contribution in [1.29, 1.82) is 0 Å². The molecule has 2 amide bonds. The minimum absolute atomic E-state index is 0. The Morgan fingerprint density at radius 1 is 0.615 bits per heavy atom. The van der Waals surface area contributed by atoms with Crippen LogP contribution in [0.1, 0.15) is 93.2 Å². The molecule has 0 saturated carbocycles. The predicted octanol–water partition coefficient (Wildman–Crippen LogP) is 10.1. The lowest BCUT2D eigenvalue weighted by Gasteiger charge is -2.32. The summed E-state index contributed by atoms with van der Waals surface area (Å²) in [5, 5.41) is 11.2. The second kappa shape index (κ2) is 21.5. The van der Waals surface area contributed by atoms with Crippen molar-refractivity contribution in [3.8, 4) is 11.3 Å². The van der Waals surface area contributed by atoms with Crippen molar-refractivity contribution in [2.75, 3.05) is 0 Å². The van der Waals surface area contributed by atoms with E-state index < -0.39 is 11.8 Å². The number of nitrogens with two attached hydrogens (primary N) is 2. The third-order valence-corrected chi connectivity index (χ3v) is 11.4. The molecule has 65 heavy (non-hydrogen) atoms. The number of benzene rings is 4. The van der Waals surface area contributed by atoms with Crippen LogP contribution in [0.3, 0.4) is 0 Å². The van der Waals surface area contributed by atoms with Crippen LogP contribution in [0.2, 0.25) is 0 Å². The summed E-state index contributed by atoms with van der Waals surface area (Å²) >= 11 is 3.11. The quantitative estimate of drug-likeness (QED) is 0.112. The Morgan fingerprint density at radius 3 is 1.55 bits per heavy atom. The first-order valence-electron chi connectivity index (χ1n) is 20.1. The number of halogens is 1. The number of nitrogens with zero attached hydrogens (tertiary/aromatic N) is 6. The molecule has 8 aromatic rings. The summed E-state index contributed by atoms with van der Waals surface area (Å²) in [6.45, 7) is 14.0. The van der Waals surface area contributed by atoms with Crippen molar-refractivity contribution in [3.63, 3.8) is 0 Å². The molecule has 0 aliphatic carbocycles. The number of carbonyl (C=O) groups excluding carboxylic acids is 2. The van der Waals surface area contributed by atoms with Gasteiger partial charge in [0.25, 0.3) is 11.8 Å². The summed E-state index contributed by atoms with van der Waals surface area (Å²) in [6.07, 6.45) is 3.77. The third-order valence-electron chi connectivity index (χ3n) is 11.0. The van der Waals surface area contributed by atoms with Crippen LogP contribution in [0.25, 0.3) is 33.1 Å². The van der Waals surface area contributed by atoms with Crippen LogP contribution in [0, 0.1) is 13.8 Å². The number of hydrogen-bond donors (Lipinski definition) is 2. The van der Waals surface area contributed by atoms with Crippen LogP contribution in [0.4, 0.5) is 0 Å². The van der Waals surface area contributed by atoms with Crippen LogP contribution in [-0.4, -0.2) is 59.7 Å². The molecule has 0 bridgehead atoms. The Balaban J connectivity index is 0.000000227. The SMILES string of the molecule is C.C.C.Cc1ccc(Cn2ncc3cc(-c4cccc(C(N)=O)n4)ccc32)cc1.Cc1ccc(Cn2ncc3cc(B4OC(C)(C)C(C)(C)O4)ccc32)cc1.NC(=O)c1cccc(Br)n1. The Bertz CT molecular complexity index is 2860. The molecule has 0 atom stereocenters. The molecule has 0 unspecified atom stereocenters. The average Bonchev–Trinajstić information content (AvgIpc) is 3.91. The molecule has 14 heteroatoms. The number of rotatable bonds is 8. The molecule has 1 aliphatic rings. The highest BCUT2D eigenvalue weighted by Crippen LogP contribution is 2.36. The van der Waals surface area contributed by atoms with E-state index >= 15 is 0 Å². The Hall–Kier alpha value is -6.48. The molecule has 4 N–H and O–H groups in total. The first-order chi connectivity index (χ1) is 29.5. The van der Waals surface area contributed by atoms with Gasteiger partial charge >= 0.3 is 7.12 Å². The maximum atomic E-state index is 11.3. The number of hydrogen-bond acceptors (Lipinski definition) is 8. The van der Waals surface area contributed by atoms with E-state index in [4.69, 9.17) is 20.8 Å². The van der Waals surface area contributed by atoms with Gasteiger partial charge < -0.3 is 20.8 Å². The number of aromatic nitrogens is 6. The highest BCUT2D eigenvalue weighted by molar-refractivity contribution is 9.10. The molecule has 4 aromatic heterocycles. The van der Waals surface area contributed by atoms with E-state index in [9.17, 15) is 9.59 Å². The molecule has 12 nitrogen and oxygen atoms in total. The van der Waals surface area contributed by atoms with Gasteiger partial charge in [-0.25, -0.2) is 9.97 Å². The fraction of sp³-hybridized carbons (Fsp3) is 0.255. The van der Waals surface area contributed by atoms with E-state index in [0.29, 0.717) is 4.60 Å². The number of aryl methyl sites for hydroxylation is 2. The lowest BCUT2D eigenvalue weighted by molar-refractivity contribution is 0.00578. The van der Waals surface area contributed by atoms with Crippen molar-refractivity contribution in [2.24, 2.45) is 11.5 Å². The van der Waals surface area contributed by atoms with Crippen LogP contribution in [0.5, 0.6) is 0 Å². The van der Waals surface area contributed by atoms with Crippen molar-refractivity contribution in [1.82, 2.24) is 29.5 Å².